The molecule has 0 aromatic carbocycles. The topological polar surface area (TPSA) is 77.6 Å². The Morgan fingerprint density at radius 1 is 1.00 bits per heavy atom. The molecular formula is C13H15N5. The van der Waals surface area contributed by atoms with Crippen LogP contribution in [0.25, 0.3) is 11.4 Å². The number of hydrogen-bond acceptors (Lipinski definition) is 5. The van der Waals surface area contributed by atoms with Crippen molar-refractivity contribution in [1.82, 2.24) is 19.9 Å². The monoisotopic (exact) mass is 241 g/mol. The molecule has 0 bridgehead atoms. The highest BCUT2D eigenvalue weighted by molar-refractivity contribution is 5.57. The van der Waals surface area contributed by atoms with Crippen LogP contribution in [0.1, 0.15) is 36.0 Å². The van der Waals surface area contributed by atoms with Crippen LogP contribution in [-0.4, -0.2) is 19.9 Å². The van der Waals surface area contributed by atoms with Gasteiger partial charge in [0.25, 0.3) is 0 Å². The summed E-state index contributed by atoms with van der Waals surface area (Å²) in [5.41, 5.74) is 8.63. The van der Waals surface area contributed by atoms with Crippen LogP contribution in [0.2, 0.25) is 0 Å². The fraction of sp³-hybridized carbons (Fsp3) is 0.385. The molecule has 0 spiro atoms. The molecule has 0 radical (unpaired) electrons. The Hall–Kier alpha value is -2.04. The fourth-order valence-electron chi connectivity index (χ4n) is 2.03. The van der Waals surface area contributed by atoms with Gasteiger partial charge in [-0.25, -0.2) is 4.98 Å². The SMILES string of the molecule is Cc1cc(-c2nc(N)nc(C3CC3)n2)cc(C)n1. The molecule has 1 aliphatic rings. The molecule has 5 heteroatoms. The first kappa shape index (κ1) is 11.1. The fourth-order valence-corrected chi connectivity index (χ4v) is 2.03. The van der Waals surface area contributed by atoms with Crippen LogP contribution in [0.3, 0.4) is 0 Å². The van der Waals surface area contributed by atoms with Crippen molar-refractivity contribution >= 4 is 5.95 Å². The van der Waals surface area contributed by atoms with Gasteiger partial charge in [0, 0.05) is 22.9 Å². The second-order valence-electron chi connectivity index (χ2n) is 4.79. The standard InChI is InChI=1S/C13H15N5/c1-7-5-10(6-8(2)15-7)12-16-11(9-3-4-9)17-13(14)18-12/h5-6,9H,3-4H2,1-2H3,(H2,14,16,17,18). The lowest BCUT2D eigenvalue weighted by Gasteiger charge is -2.06. The zero-order valence-electron chi connectivity index (χ0n) is 10.5. The van der Waals surface area contributed by atoms with E-state index in [-0.39, 0.29) is 0 Å². The largest absolute Gasteiger partial charge is 0.368 e. The molecule has 1 fully saturated rings. The Bertz CT molecular complexity index is 584. The number of nitrogen functional groups attached to an aromatic ring is 1. The van der Waals surface area contributed by atoms with E-state index in [9.17, 15) is 0 Å². The van der Waals surface area contributed by atoms with E-state index in [1.807, 2.05) is 26.0 Å². The summed E-state index contributed by atoms with van der Waals surface area (Å²) in [7, 11) is 0. The zero-order valence-corrected chi connectivity index (χ0v) is 10.5. The van der Waals surface area contributed by atoms with Crippen LogP contribution in [0.15, 0.2) is 12.1 Å². The molecule has 2 heterocycles. The van der Waals surface area contributed by atoms with Gasteiger partial charge in [0.2, 0.25) is 5.95 Å². The highest BCUT2D eigenvalue weighted by atomic mass is 15.1. The summed E-state index contributed by atoms with van der Waals surface area (Å²) in [5, 5.41) is 0. The average molecular weight is 241 g/mol. The number of nitrogens with two attached hydrogens (primary N) is 1. The summed E-state index contributed by atoms with van der Waals surface area (Å²) in [5.74, 6) is 2.25. The van der Waals surface area contributed by atoms with Crippen molar-refractivity contribution in [3.05, 3.63) is 29.3 Å². The summed E-state index contributed by atoms with van der Waals surface area (Å²) in [6.07, 6.45) is 2.30. The van der Waals surface area contributed by atoms with Crippen molar-refractivity contribution in [3.63, 3.8) is 0 Å². The van der Waals surface area contributed by atoms with E-state index >= 15 is 0 Å². The third-order valence-corrected chi connectivity index (χ3v) is 2.95. The molecule has 2 aromatic rings. The Balaban J connectivity index is 2.09. The zero-order chi connectivity index (χ0) is 12.7. The van der Waals surface area contributed by atoms with E-state index in [4.69, 9.17) is 5.73 Å². The predicted molar refractivity (Wildman–Crippen MR) is 68.9 cm³/mol. The number of nitrogens with zero attached hydrogens (tertiary/aromatic N) is 4. The van der Waals surface area contributed by atoms with Gasteiger partial charge in [0.05, 0.1) is 0 Å². The van der Waals surface area contributed by atoms with Crippen LogP contribution < -0.4 is 5.73 Å². The van der Waals surface area contributed by atoms with Gasteiger partial charge in [-0.15, -0.1) is 0 Å². The van der Waals surface area contributed by atoms with E-state index in [0.717, 1.165) is 35.6 Å². The van der Waals surface area contributed by atoms with Gasteiger partial charge in [0.1, 0.15) is 5.82 Å². The van der Waals surface area contributed by atoms with Crippen molar-refractivity contribution in [2.75, 3.05) is 5.73 Å². The summed E-state index contributed by atoms with van der Waals surface area (Å²) in [6, 6.07) is 3.94. The third kappa shape index (κ3) is 2.16. The van der Waals surface area contributed by atoms with Crippen LogP contribution in [0.4, 0.5) is 5.95 Å². The van der Waals surface area contributed by atoms with Crippen molar-refractivity contribution in [1.29, 1.82) is 0 Å². The van der Waals surface area contributed by atoms with Crippen LogP contribution in [0, 0.1) is 13.8 Å². The maximum Gasteiger partial charge on any atom is 0.223 e. The lowest BCUT2D eigenvalue weighted by molar-refractivity contribution is 0.901. The van der Waals surface area contributed by atoms with E-state index in [0.29, 0.717) is 17.7 Å². The summed E-state index contributed by atoms with van der Waals surface area (Å²) >= 11 is 0. The maximum absolute atomic E-state index is 5.76. The second kappa shape index (κ2) is 4.01. The van der Waals surface area contributed by atoms with Crippen LogP contribution in [-0.2, 0) is 0 Å². The predicted octanol–water partition coefficient (Wildman–Crippen LogP) is 2.01. The quantitative estimate of drug-likeness (QED) is 0.870. The molecule has 0 atom stereocenters. The minimum Gasteiger partial charge on any atom is -0.368 e. The highest BCUT2D eigenvalue weighted by Crippen LogP contribution is 2.38. The molecule has 0 saturated heterocycles. The lowest BCUT2D eigenvalue weighted by atomic mass is 10.2. The number of pyridine rings is 1. The number of hydrogen-bond donors (Lipinski definition) is 1. The van der Waals surface area contributed by atoms with Crippen molar-refractivity contribution in [2.45, 2.75) is 32.6 Å². The molecule has 3 rings (SSSR count). The molecule has 0 unspecified atom stereocenters. The summed E-state index contributed by atoms with van der Waals surface area (Å²) in [4.78, 5) is 17.3. The number of aromatic nitrogens is 4. The van der Waals surface area contributed by atoms with Gasteiger partial charge in [0.15, 0.2) is 5.82 Å². The normalized spacial score (nSPS) is 14.8. The van der Waals surface area contributed by atoms with Gasteiger partial charge in [-0.3, -0.25) is 4.98 Å². The number of aryl methyl sites for hydroxylation is 2. The first-order valence-electron chi connectivity index (χ1n) is 6.09. The maximum atomic E-state index is 5.76. The Morgan fingerprint density at radius 3 is 2.28 bits per heavy atom. The highest BCUT2D eigenvalue weighted by Gasteiger charge is 2.27. The first-order chi connectivity index (χ1) is 8.61. The molecule has 5 nitrogen and oxygen atoms in total. The molecular weight excluding hydrogens is 226 g/mol. The van der Waals surface area contributed by atoms with Gasteiger partial charge >= 0.3 is 0 Å². The van der Waals surface area contributed by atoms with Crippen molar-refractivity contribution in [2.24, 2.45) is 0 Å². The molecule has 1 saturated carbocycles. The molecule has 2 N–H and O–H groups in total. The second-order valence-corrected chi connectivity index (χ2v) is 4.79. The number of rotatable bonds is 2. The third-order valence-electron chi connectivity index (χ3n) is 2.95. The van der Waals surface area contributed by atoms with E-state index < -0.39 is 0 Å². The molecule has 1 aliphatic carbocycles. The summed E-state index contributed by atoms with van der Waals surface area (Å²) < 4.78 is 0. The smallest absolute Gasteiger partial charge is 0.223 e. The van der Waals surface area contributed by atoms with Crippen molar-refractivity contribution in [3.8, 4) is 11.4 Å². The minimum atomic E-state index is 0.300. The van der Waals surface area contributed by atoms with Gasteiger partial charge in [-0.05, 0) is 38.8 Å². The summed E-state index contributed by atoms with van der Waals surface area (Å²) in [6.45, 7) is 3.92. The molecule has 92 valence electrons. The lowest BCUT2D eigenvalue weighted by Crippen LogP contribution is -2.04. The average Bonchev–Trinajstić information content (AvgIpc) is 3.10. The Labute approximate surface area is 106 Å². The van der Waals surface area contributed by atoms with Crippen LogP contribution >= 0.6 is 0 Å². The molecule has 0 aliphatic heterocycles. The van der Waals surface area contributed by atoms with Gasteiger partial charge in [-0.1, -0.05) is 0 Å². The Kier molecular flexibility index (Phi) is 2.47. The van der Waals surface area contributed by atoms with Gasteiger partial charge < -0.3 is 5.73 Å². The molecule has 2 aromatic heterocycles. The van der Waals surface area contributed by atoms with Gasteiger partial charge in [-0.2, -0.15) is 9.97 Å². The molecule has 0 amide bonds. The van der Waals surface area contributed by atoms with E-state index in [1.54, 1.807) is 0 Å². The van der Waals surface area contributed by atoms with E-state index in [2.05, 4.69) is 19.9 Å². The van der Waals surface area contributed by atoms with Crippen molar-refractivity contribution < 1.29 is 0 Å². The van der Waals surface area contributed by atoms with E-state index in [1.165, 1.54) is 0 Å². The minimum absolute atomic E-state index is 0.300. The Morgan fingerprint density at radius 2 is 1.67 bits per heavy atom. The number of anilines is 1. The first-order valence-corrected chi connectivity index (χ1v) is 6.09. The molecule has 18 heavy (non-hydrogen) atoms. The van der Waals surface area contributed by atoms with Crippen LogP contribution in [0.5, 0.6) is 0 Å².